The maximum Gasteiger partial charge on any atom is 0.334 e. The van der Waals surface area contributed by atoms with Crippen molar-refractivity contribution in [1.82, 2.24) is 9.55 Å². The van der Waals surface area contributed by atoms with E-state index in [1.54, 1.807) is 0 Å². The highest BCUT2D eigenvalue weighted by molar-refractivity contribution is 9.10. The zero-order chi connectivity index (χ0) is 14.2. The summed E-state index contributed by atoms with van der Waals surface area (Å²) in [5.41, 5.74) is -1.61. The van der Waals surface area contributed by atoms with Gasteiger partial charge in [-0.2, -0.15) is 0 Å². The zero-order valence-electron chi connectivity index (χ0n) is 9.09. The third kappa shape index (κ3) is 2.59. The molecule has 0 atom stereocenters. The van der Waals surface area contributed by atoms with Gasteiger partial charge in [0.05, 0.1) is 15.1 Å². The summed E-state index contributed by atoms with van der Waals surface area (Å²) in [5.74, 6) is 0. The molecule has 0 amide bonds. The van der Waals surface area contributed by atoms with Gasteiger partial charge in [0.15, 0.2) is 0 Å². The Bertz CT molecular complexity index is 752. The van der Waals surface area contributed by atoms with E-state index in [9.17, 15) is 19.7 Å². The van der Waals surface area contributed by atoms with Crippen LogP contribution in [0.15, 0.2) is 38.3 Å². The van der Waals surface area contributed by atoms with Crippen LogP contribution >= 0.6 is 27.5 Å². The largest absolute Gasteiger partial charge is 0.334 e. The topological polar surface area (TPSA) is 98.0 Å². The molecule has 1 aromatic carbocycles. The first kappa shape index (κ1) is 13.5. The van der Waals surface area contributed by atoms with Gasteiger partial charge in [-0.1, -0.05) is 11.6 Å². The fraction of sp³-hybridized carbons (Fsp3) is 0. The molecule has 0 saturated heterocycles. The van der Waals surface area contributed by atoms with Crippen LogP contribution in [-0.4, -0.2) is 14.5 Å². The monoisotopic (exact) mass is 345 g/mol. The molecule has 1 N–H and O–H groups in total. The second-order valence-electron chi connectivity index (χ2n) is 3.49. The molecular weight excluding hydrogens is 341 g/mol. The highest BCUT2D eigenvalue weighted by Gasteiger charge is 2.15. The number of hydrogen-bond donors (Lipinski definition) is 1. The van der Waals surface area contributed by atoms with Crippen molar-refractivity contribution in [3.05, 3.63) is 64.8 Å². The normalized spacial score (nSPS) is 10.4. The molecule has 7 nitrogen and oxygen atoms in total. The minimum Gasteiger partial charge on any atom is -0.297 e. The van der Waals surface area contributed by atoms with E-state index >= 15 is 0 Å². The molecule has 0 spiro atoms. The summed E-state index contributed by atoms with van der Waals surface area (Å²) in [6.07, 6.45) is 0. The molecule has 1 heterocycles. The molecule has 0 aliphatic rings. The Morgan fingerprint density at radius 2 is 2.00 bits per heavy atom. The Balaban J connectivity index is 2.74. The van der Waals surface area contributed by atoms with Crippen LogP contribution in [0.5, 0.6) is 0 Å². The minimum absolute atomic E-state index is 0.0813. The van der Waals surface area contributed by atoms with Gasteiger partial charge in [0.25, 0.3) is 11.2 Å². The van der Waals surface area contributed by atoms with Crippen molar-refractivity contribution in [2.75, 3.05) is 0 Å². The number of rotatable bonds is 2. The first-order chi connectivity index (χ1) is 8.90. The van der Waals surface area contributed by atoms with Crippen LogP contribution in [0, 0.1) is 10.1 Å². The van der Waals surface area contributed by atoms with Crippen molar-refractivity contribution in [1.29, 1.82) is 0 Å². The number of benzene rings is 1. The Hall–Kier alpha value is -1.93. The molecule has 0 fully saturated rings. The third-order valence-corrected chi connectivity index (χ3v) is 3.16. The lowest BCUT2D eigenvalue weighted by Gasteiger charge is -2.04. The predicted molar refractivity (Wildman–Crippen MR) is 72.0 cm³/mol. The molecule has 0 unspecified atom stereocenters. The number of nitro benzene ring substituents is 1. The second kappa shape index (κ2) is 4.98. The van der Waals surface area contributed by atoms with Crippen LogP contribution in [0.4, 0.5) is 5.69 Å². The molecular formula is C10H5BrClN3O4. The first-order valence-electron chi connectivity index (χ1n) is 4.86. The molecule has 2 rings (SSSR count). The molecule has 1 aromatic heterocycles. The predicted octanol–water partition coefficient (Wildman–Crippen LogP) is 1.85. The summed E-state index contributed by atoms with van der Waals surface area (Å²) in [6, 6.07) is 4.92. The van der Waals surface area contributed by atoms with Gasteiger partial charge in [-0.25, -0.2) is 9.36 Å². The van der Waals surface area contributed by atoms with E-state index in [-0.39, 0.29) is 21.0 Å². The van der Waals surface area contributed by atoms with Gasteiger partial charge >= 0.3 is 5.69 Å². The number of nitrogens with one attached hydrogen (secondary N) is 1. The summed E-state index contributed by atoms with van der Waals surface area (Å²) in [5, 5.41) is 10.7. The number of aromatic nitrogens is 2. The molecule has 0 radical (unpaired) electrons. The molecule has 2 aromatic rings. The molecule has 0 aliphatic carbocycles. The van der Waals surface area contributed by atoms with Crippen LogP contribution in [0.1, 0.15) is 0 Å². The van der Waals surface area contributed by atoms with Crippen molar-refractivity contribution < 1.29 is 4.92 Å². The van der Waals surface area contributed by atoms with Gasteiger partial charge < -0.3 is 0 Å². The SMILES string of the molecule is O=c1cc(Cl)[nH]c(=O)n1-c1ccc(Br)c([N+](=O)[O-])c1. The number of nitro groups is 1. The van der Waals surface area contributed by atoms with Crippen LogP contribution in [0.3, 0.4) is 0 Å². The van der Waals surface area contributed by atoms with Crippen LogP contribution < -0.4 is 11.2 Å². The van der Waals surface area contributed by atoms with E-state index in [2.05, 4.69) is 20.9 Å². The lowest BCUT2D eigenvalue weighted by atomic mass is 10.3. The summed E-state index contributed by atoms with van der Waals surface area (Å²) < 4.78 is 1.00. The lowest BCUT2D eigenvalue weighted by molar-refractivity contribution is -0.385. The van der Waals surface area contributed by atoms with Crippen molar-refractivity contribution in [3.8, 4) is 5.69 Å². The number of aromatic amines is 1. The van der Waals surface area contributed by atoms with Gasteiger partial charge in [0.1, 0.15) is 5.15 Å². The average molecular weight is 347 g/mol. The van der Waals surface area contributed by atoms with Gasteiger partial charge in [-0.3, -0.25) is 19.9 Å². The highest BCUT2D eigenvalue weighted by Crippen LogP contribution is 2.26. The van der Waals surface area contributed by atoms with Crippen molar-refractivity contribution in [2.45, 2.75) is 0 Å². The van der Waals surface area contributed by atoms with Gasteiger partial charge in [-0.15, -0.1) is 0 Å². The van der Waals surface area contributed by atoms with Crippen molar-refractivity contribution in [2.24, 2.45) is 0 Å². The van der Waals surface area contributed by atoms with Gasteiger partial charge in [-0.05, 0) is 28.1 Å². The first-order valence-corrected chi connectivity index (χ1v) is 6.03. The molecule has 98 valence electrons. The smallest absolute Gasteiger partial charge is 0.297 e. The average Bonchev–Trinajstić information content (AvgIpc) is 2.29. The number of nitrogens with zero attached hydrogens (tertiary/aromatic N) is 2. The third-order valence-electron chi connectivity index (χ3n) is 2.28. The van der Waals surface area contributed by atoms with E-state index in [1.807, 2.05) is 0 Å². The van der Waals surface area contributed by atoms with E-state index in [1.165, 1.54) is 12.1 Å². The van der Waals surface area contributed by atoms with Crippen LogP contribution in [0.25, 0.3) is 5.69 Å². The minimum atomic E-state index is -0.769. The Labute approximate surface area is 118 Å². The summed E-state index contributed by atoms with van der Waals surface area (Å²) >= 11 is 8.55. The van der Waals surface area contributed by atoms with Crippen LogP contribution in [0.2, 0.25) is 5.15 Å². The maximum atomic E-state index is 11.7. The summed E-state index contributed by atoms with van der Waals surface area (Å²) in [4.78, 5) is 35.8. The van der Waals surface area contributed by atoms with Crippen LogP contribution in [-0.2, 0) is 0 Å². The molecule has 19 heavy (non-hydrogen) atoms. The molecule has 9 heteroatoms. The van der Waals surface area contributed by atoms with E-state index < -0.39 is 16.2 Å². The lowest BCUT2D eigenvalue weighted by Crippen LogP contribution is -2.32. The fourth-order valence-electron chi connectivity index (χ4n) is 1.49. The number of H-pyrrole nitrogens is 1. The quantitative estimate of drug-likeness (QED) is 0.510. The molecule has 0 bridgehead atoms. The summed E-state index contributed by atoms with van der Waals surface area (Å²) in [7, 11) is 0. The van der Waals surface area contributed by atoms with Crippen molar-refractivity contribution in [3.63, 3.8) is 0 Å². The molecule has 0 saturated carbocycles. The Morgan fingerprint density at radius 3 is 2.58 bits per heavy atom. The van der Waals surface area contributed by atoms with Gasteiger partial charge in [0.2, 0.25) is 0 Å². The summed E-state index contributed by atoms with van der Waals surface area (Å²) in [6.45, 7) is 0. The molecule has 0 aliphatic heterocycles. The Morgan fingerprint density at radius 1 is 1.32 bits per heavy atom. The van der Waals surface area contributed by atoms with Crippen molar-refractivity contribution >= 4 is 33.2 Å². The fourth-order valence-corrected chi connectivity index (χ4v) is 2.06. The zero-order valence-corrected chi connectivity index (χ0v) is 11.4. The Kier molecular flexibility index (Phi) is 3.54. The van der Waals surface area contributed by atoms with Gasteiger partial charge in [0, 0.05) is 12.1 Å². The maximum absolute atomic E-state index is 11.7. The van der Waals surface area contributed by atoms with E-state index in [0.717, 1.165) is 16.7 Å². The number of halogens is 2. The second-order valence-corrected chi connectivity index (χ2v) is 4.75. The number of hydrogen-bond acceptors (Lipinski definition) is 4. The highest BCUT2D eigenvalue weighted by atomic mass is 79.9. The standard InChI is InChI=1S/C10H5BrClN3O4/c11-6-2-1-5(3-7(6)15(18)19)14-9(16)4-8(12)13-10(14)17/h1-4H,(H,13,17). The van der Waals surface area contributed by atoms with E-state index in [0.29, 0.717) is 0 Å². The van der Waals surface area contributed by atoms with E-state index in [4.69, 9.17) is 11.6 Å².